The minimum absolute atomic E-state index is 0.0518. The van der Waals surface area contributed by atoms with E-state index >= 15 is 0 Å². The Balaban J connectivity index is 2.16. The van der Waals surface area contributed by atoms with Gasteiger partial charge in [0.25, 0.3) is 0 Å². The van der Waals surface area contributed by atoms with Crippen LogP contribution in [0.15, 0.2) is 18.2 Å². The van der Waals surface area contributed by atoms with Crippen molar-refractivity contribution in [2.45, 2.75) is 25.5 Å². The highest BCUT2D eigenvalue weighted by Gasteiger charge is 2.29. The molecular weight excluding hydrogens is 335 g/mol. The zero-order chi connectivity index (χ0) is 17.5. The van der Waals surface area contributed by atoms with Crippen molar-refractivity contribution in [1.82, 2.24) is 10.2 Å². The molecule has 5 nitrogen and oxygen atoms in total. The van der Waals surface area contributed by atoms with Crippen LogP contribution in [-0.2, 0) is 14.3 Å². The number of nitrogens with one attached hydrogen (secondary N) is 1. The summed E-state index contributed by atoms with van der Waals surface area (Å²) < 4.78 is 24.9. The zero-order valence-electron chi connectivity index (χ0n) is 14.1. The van der Waals surface area contributed by atoms with Crippen LogP contribution >= 0.6 is 11.6 Å². The van der Waals surface area contributed by atoms with Gasteiger partial charge in [0.1, 0.15) is 5.82 Å². The monoisotopic (exact) mass is 358 g/mol. The summed E-state index contributed by atoms with van der Waals surface area (Å²) in [5.74, 6) is -0.492. The van der Waals surface area contributed by atoms with E-state index in [-0.39, 0.29) is 36.8 Å². The predicted molar refractivity (Wildman–Crippen MR) is 90.6 cm³/mol. The summed E-state index contributed by atoms with van der Waals surface area (Å²) >= 11 is 6.25. The molecule has 0 radical (unpaired) electrons. The molecule has 1 aromatic carbocycles. The number of nitrogens with zero attached hydrogens (tertiary/aromatic N) is 1. The fourth-order valence-corrected chi connectivity index (χ4v) is 3.15. The number of benzene rings is 1. The van der Waals surface area contributed by atoms with Gasteiger partial charge in [0.2, 0.25) is 5.91 Å². The van der Waals surface area contributed by atoms with Crippen LogP contribution in [0.1, 0.15) is 24.9 Å². The maximum Gasteiger partial charge on any atom is 0.222 e. The van der Waals surface area contributed by atoms with Gasteiger partial charge in [0.05, 0.1) is 25.4 Å². The first-order valence-electron chi connectivity index (χ1n) is 8.08. The molecule has 2 atom stereocenters. The average molecular weight is 359 g/mol. The van der Waals surface area contributed by atoms with Gasteiger partial charge in [-0.25, -0.2) is 4.39 Å². The lowest BCUT2D eigenvalue weighted by atomic mass is 10.0. The molecule has 0 bridgehead atoms. The van der Waals surface area contributed by atoms with E-state index in [0.717, 1.165) is 0 Å². The number of carbonyl (C=O) groups excluding carboxylic acids is 1. The quantitative estimate of drug-likeness (QED) is 0.813. The second kappa shape index (κ2) is 9.32. The van der Waals surface area contributed by atoms with Crippen molar-refractivity contribution in [3.05, 3.63) is 34.6 Å². The van der Waals surface area contributed by atoms with Gasteiger partial charge < -0.3 is 14.8 Å². The number of hydrogen-bond donors (Lipinski definition) is 1. The predicted octanol–water partition coefficient (Wildman–Crippen LogP) is 2.39. The number of halogens is 2. The number of rotatable bonds is 7. The molecule has 1 aliphatic rings. The molecule has 1 heterocycles. The van der Waals surface area contributed by atoms with Gasteiger partial charge >= 0.3 is 0 Å². The molecule has 1 saturated heterocycles. The number of ether oxygens (including phenoxy) is 2. The molecule has 2 rings (SSSR count). The summed E-state index contributed by atoms with van der Waals surface area (Å²) in [6.07, 6.45) is 0.323. The molecule has 0 aromatic heterocycles. The van der Waals surface area contributed by atoms with Crippen molar-refractivity contribution < 1.29 is 18.7 Å². The average Bonchev–Trinajstić information content (AvgIpc) is 2.55. The molecule has 24 heavy (non-hydrogen) atoms. The molecular formula is C17H24ClFN2O3. The number of methoxy groups -OCH3 is 1. The van der Waals surface area contributed by atoms with Crippen LogP contribution in [0.25, 0.3) is 0 Å². The molecule has 1 fully saturated rings. The van der Waals surface area contributed by atoms with Crippen LogP contribution in [0.3, 0.4) is 0 Å². The second-order valence-electron chi connectivity index (χ2n) is 5.87. The first-order chi connectivity index (χ1) is 11.5. The molecule has 1 aliphatic heterocycles. The van der Waals surface area contributed by atoms with Crippen molar-refractivity contribution >= 4 is 17.5 Å². The molecule has 0 saturated carbocycles. The van der Waals surface area contributed by atoms with Gasteiger partial charge in [-0.3, -0.25) is 9.69 Å². The van der Waals surface area contributed by atoms with Gasteiger partial charge in [-0.05, 0) is 19.1 Å². The van der Waals surface area contributed by atoms with Crippen molar-refractivity contribution in [1.29, 1.82) is 0 Å². The maximum absolute atomic E-state index is 14.4. The van der Waals surface area contributed by atoms with Gasteiger partial charge in [0.15, 0.2) is 0 Å². The largest absolute Gasteiger partial charge is 0.384 e. The van der Waals surface area contributed by atoms with E-state index in [1.165, 1.54) is 6.07 Å². The molecule has 1 N–H and O–H groups in total. The van der Waals surface area contributed by atoms with E-state index in [1.54, 1.807) is 19.2 Å². The molecule has 1 aromatic rings. The van der Waals surface area contributed by atoms with Crippen LogP contribution in [0.5, 0.6) is 0 Å². The van der Waals surface area contributed by atoms with E-state index in [2.05, 4.69) is 10.2 Å². The summed E-state index contributed by atoms with van der Waals surface area (Å²) in [5.41, 5.74) is 0.417. The molecule has 0 spiro atoms. The third-order valence-electron chi connectivity index (χ3n) is 4.07. The van der Waals surface area contributed by atoms with Crippen LogP contribution in [0.4, 0.5) is 4.39 Å². The van der Waals surface area contributed by atoms with Crippen LogP contribution in [0, 0.1) is 5.82 Å². The number of amides is 1. The van der Waals surface area contributed by atoms with E-state index in [9.17, 15) is 9.18 Å². The summed E-state index contributed by atoms with van der Waals surface area (Å²) in [6, 6.07) is 4.31. The van der Waals surface area contributed by atoms with Gasteiger partial charge in [0, 0.05) is 43.8 Å². The SMILES string of the molecule is COCCC(=O)NCC(c1c(F)cccc1Cl)N1CCOC(C)C1. The molecule has 2 unspecified atom stereocenters. The lowest BCUT2D eigenvalue weighted by molar-refractivity contribution is -0.122. The Hall–Kier alpha value is -1.21. The standard InChI is InChI=1S/C17H24ClFN2O3/c1-12-11-21(7-9-24-12)15(10-20-16(22)6-8-23-2)17-13(18)4-3-5-14(17)19/h3-5,12,15H,6-11H2,1-2H3,(H,20,22). The summed E-state index contributed by atoms with van der Waals surface area (Å²) in [5, 5.41) is 3.22. The fourth-order valence-electron chi connectivity index (χ4n) is 2.86. The van der Waals surface area contributed by atoms with Crippen molar-refractivity contribution in [2.75, 3.05) is 40.0 Å². The Morgan fingerprint density at radius 3 is 3.04 bits per heavy atom. The molecule has 1 amide bonds. The lowest BCUT2D eigenvalue weighted by Crippen LogP contribution is -2.47. The zero-order valence-corrected chi connectivity index (χ0v) is 14.8. The highest BCUT2D eigenvalue weighted by atomic mass is 35.5. The molecule has 7 heteroatoms. The third-order valence-corrected chi connectivity index (χ3v) is 4.40. The second-order valence-corrected chi connectivity index (χ2v) is 6.28. The van der Waals surface area contributed by atoms with Gasteiger partial charge in [-0.15, -0.1) is 0 Å². The minimum Gasteiger partial charge on any atom is -0.384 e. The van der Waals surface area contributed by atoms with Crippen LogP contribution in [0.2, 0.25) is 5.02 Å². The third kappa shape index (κ3) is 5.14. The minimum atomic E-state index is -0.363. The number of hydrogen-bond acceptors (Lipinski definition) is 4. The van der Waals surface area contributed by atoms with Crippen molar-refractivity contribution in [3.8, 4) is 0 Å². The van der Waals surface area contributed by atoms with E-state index in [1.807, 2.05) is 6.92 Å². The number of carbonyl (C=O) groups is 1. The summed E-state index contributed by atoms with van der Waals surface area (Å²) in [6.45, 7) is 4.50. The summed E-state index contributed by atoms with van der Waals surface area (Å²) in [4.78, 5) is 14.0. The maximum atomic E-state index is 14.4. The Kier molecular flexibility index (Phi) is 7.42. The normalized spacial score (nSPS) is 19.9. The topological polar surface area (TPSA) is 50.8 Å². The van der Waals surface area contributed by atoms with Crippen molar-refractivity contribution in [2.24, 2.45) is 0 Å². The van der Waals surface area contributed by atoms with E-state index in [0.29, 0.717) is 36.9 Å². The van der Waals surface area contributed by atoms with Crippen LogP contribution < -0.4 is 5.32 Å². The highest BCUT2D eigenvalue weighted by Crippen LogP contribution is 2.31. The Bertz CT molecular complexity index is 538. The smallest absolute Gasteiger partial charge is 0.222 e. The summed E-state index contributed by atoms with van der Waals surface area (Å²) in [7, 11) is 1.55. The lowest BCUT2D eigenvalue weighted by Gasteiger charge is -2.38. The Morgan fingerprint density at radius 2 is 2.38 bits per heavy atom. The molecule has 134 valence electrons. The van der Waals surface area contributed by atoms with E-state index in [4.69, 9.17) is 21.1 Å². The van der Waals surface area contributed by atoms with E-state index < -0.39 is 0 Å². The Morgan fingerprint density at radius 1 is 1.58 bits per heavy atom. The molecule has 0 aliphatic carbocycles. The van der Waals surface area contributed by atoms with Gasteiger partial charge in [-0.1, -0.05) is 17.7 Å². The number of morpholine rings is 1. The fraction of sp³-hybridized carbons (Fsp3) is 0.588. The first-order valence-corrected chi connectivity index (χ1v) is 8.46. The van der Waals surface area contributed by atoms with Crippen LogP contribution in [-0.4, -0.2) is 56.9 Å². The highest BCUT2D eigenvalue weighted by molar-refractivity contribution is 6.31. The van der Waals surface area contributed by atoms with Crippen molar-refractivity contribution in [3.63, 3.8) is 0 Å². The van der Waals surface area contributed by atoms with Gasteiger partial charge in [-0.2, -0.15) is 0 Å². The first kappa shape index (κ1) is 19.1. The Labute approximate surface area is 147 Å².